The van der Waals surface area contributed by atoms with Crippen LogP contribution in [0, 0.1) is 0 Å². The molecule has 2 aromatic rings. The second-order valence-electron chi connectivity index (χ2n) is 6.73. The largest absolute Gasteiger partial charge is 0.387 e. The standard InChI is InChI=1S/C19H21ClN2O6S/c20-14-8-4-5-9-16(14)29(26,27)22-10-15-17(23)19(25,12-28-15)11-21-18(24)13-6-2-1-3-7-13/h1-9,15,17,22-23,25H,10-12H2,(H,21,24)/t15-,17-,19+/m1/s1. The summed E-state index contributed by atoms with van der Waals surface area (Å²) in [7, 11) is -3.93. The molecule has 8 nitrogen and oxygen atoms in total. The smallest absolute Gasteiger partial charge is 0.251 e. The first kappa shape index (κ1) is 21.7. The van der Waals surface area contributed by atoms with Gasteiger partial charge in [0.25, 0.3) is 5.91 Å². The summed E-state index contributed by atoms with van der Waals surface area (Å²) in [6.07, 6.45) is -2.40. The molecule has 10 heteroatoms. The zero-order valence-electron chi connectivity index (χ0n) is 15.3. The lowest BCUT2D eigenvalue weighted by molar-refractivity contribution is -0.0462. The minimum absolute atomic E-state index is 0.0630. The summed E-state index contributed by atoms with van der Waals surface area (Å²) in [5.74, 6) is -0.408. The molecule has 1 amide bonds. The molecule has 1 heterocycles. The number of sulfonamides is 1. The Morgan fingerprint density at radius 2 is 1.83 bits per heavy atom. The normalized spacial score (nSPS) is 24.4. The van der Waals surface area contributed by atoms with E-state index >= 15 is 0 Å². The lowest BCUT2D eigenvalue weighted by Gasteiger charge is -2.26. The minimum atomic E-state index is -3.93. The third-order valence-electron chi connectivity index (χ3n) is 4.64. The number of rotatable bonds is 7. The zero-order valence-corrected chi connectivity index (χ0v) is 16.9. The minimum Gasteiger partial charge on any atom is -0.387 e. The highest BCUT2D eigenvalue weighted by Crippen LogP contribution is 2.25. The summed E-state index contributed by atoms with van der Waals surface area (Å²) < 4.78 is 32.5. The van der Waals surface area contributed by atoms with E-state index in [2.05, 4.69) is 10.0 Å². The number of amides is 1. The van der Waals surface area contributed by atoms with Crippen LogP contribution in [0.1, 0.15) is 10.4 Å². The Hall–Kier alpha value is -2.01. The molecule has 29 heavy (non-hydrogen) atoms. The van der Waals surface area contributed by atoms with E-state index in [4.69, 9.17) is 16.3 Å². The summed E-state index contributed by atoms with van der Waals surface area (Å²) in [6.45, 7) is -0.791. The van der Waals surface area contributed by atoms with Crippen LogP contribution >= 0.6 is 11.6 Å². The molecule has 2 aromatic carbocycles. The molecule has 0 bridgehead atoms. The van der Waals surface area contributed by atoms with Crippen LogP contribution in [-0.4, -0.2) is 62.0 Å². The average Bonchev–Trinajstić information content (AvgIpc) is 3.00. The van der Waals surface area contributed by atoms with Crippen molar-refractivity contribution >= 4 is 27.5 Å². The fourth-order valence-electron chi connectivity index (χ4n) is 2.96. The highest BCUT2D eigenvalue weighted by Gasteiger charge is 2.48. The van der Waals surface area contributed by atoms with E-state index in [0.717, 1.165) is 0 Å². The molecule has 3 rings (SSSR count). The first-order chi connectivity index (χ1) is 13.7. The first-order valence-electron chi connectivity index (χ1n) is 8.82. The topological polar surface area (TPSA) is 125 Å². The summed E-state index contributed by atoms with van der Waals surface area (Å²) in [5.41, 5.74) is -1.33. The van der Waals surface area contributed by atoms with Gasteiger partial charge in [-0.15, -0.1) is 0 Å². The monoisotopic (exact) mass is 440 g/mol. The fourth-order valence-corrected chi connectivity index (χ4v) is 4.52. The Balaban J connectivity index is 1.58. The molecule has 0 aliphatic carbocycles. The molecule has 156 valence electrons. The number of aliphatic hydroxyl groups excluding tert-OH is 1. The maximum atomic E-state index is 12.4. The van der Waals surface area contributed by atoms with Crippen molar-refractivity contribution in [2.45, 2.75) is 22.7 Å². The molecular formula is C19H21ClN2O6S. The zero-order chi connectivity index (χ0) is 21.1. The number of nitrogens with one attached hydrogen (secondary N) is 2. The van der Waals surface area contributed by atoms with Gasteiger partial charge in [-0.05, 0) is 24.3 Å². The predicted molar refractivity (Wildman–Crippen MR) is 106 cm³/mol. The quantitative estimate of drug-likeness (QED) is 0.498. The van der Waals surface area contributed by atoms with E-state index < -0.39 is 33.7 Å². The van der Waals surface area contributed by atoms with Crippen LogP contribution in [0.4, 0.5) is 0 Å². The van der Waals surface area contributed by atoms with E-state index in [9.17, 15) is 23.4 Å². The number of carbonyl (C=O) groups is 1. The van der Waals surface area contributed by atoms with Gasteiger partial charge in [-0.1, -0.05) is 41.9 Å². The lowest BCUT2D eigenvalue weighted by Crippen LogP contribution is -2.53. The highest BCUT2D eigenvalue weighted by molar-refractivity contribution is 7.89. The number of halogens is 1. The second kappa shape index (κ2) is 8.78. The second-order valence-corrected chi connectivity index (χ2v) is 8.87. The van der Waals surface area contributed by atoms with Crippen molar-refractivity contribution in [1.29, 1.82) is 0 Å². The van der Waals surface area contributed by atoms with Gasteiger partial charge in [0, 0.05) is 12.1 Å². The van der Waals surface area contributed by atoms with E-state index in [1.54, 1.807) is 36.4 Å². The third-order valence-corrected chi connectivity index (χ3v) is 6.57. The van der Waals surface area contributed by atoms with E-state index in [1.165, 1.54) is 18.2 Å². The molecule has 0 radical (unpaired) electrons. The van der Waals surface area contributed by atoms with Crippen molar-refractivity contribution in [3.8, 4) is 0 Å². The lowest BCUT2D eigenvalue weighted by atomic mass is 9.96. The van der Waals surface area contributed by atoms with Crippen molar-refractivity contribution in [1.82, 2.24) is 10.0 Å². The van der Waals surface area contributed by atoms with Gasteiger partial charge < -0.3 is 20.3 Å². The van der Waals surface area contributed by atoms with Crippen LogP contribution in [0.5, 0.6) is 0 Å². The van der Waals surface area contributed by atoms with Gasteiger partial charge in [0.1, 0.15) is 22.7 Å². The van der Waals surface area contributed by atoms with Crippen LogP contribution in [0.15, 0.2) is 59.5 Å². The first-order valence-corrected chi connectivity index (χ1v) is 10.7. The number of aliphatic hydroxyl groups is 2. The molecule has 0 saturated carbocycles. The number of hydrogen-bond donors (Lipinski definition) is 4. The Labute approximate surface area is 173 Å². The third kappa shape index (κ3) is 4.95. The van der Waals surface area contributed by atoms with Gasteiger partial charge in [0.15, 0.2) is 0 Å². The fraction of sp³-hybridized carbons (Fsp3) is 0.316. The molecule has 0 unspecified atom stereocenters. The van der Waals surface area contributed by atoms with Gasteiger partial charge >= 0.3 is 0 Å². The van der Waals surface area contributed by atoms with Crippen molar-refractivity contribution in [2.24, 2.45) is 0 Å². The van der Waals surface area contributed by atoms with E-state index in [1.807, 2.05) is 0 Å². The summed E-state index contributed by atoms with van der Waals surface area (Å²) in [4.78, 5) is 12.0. The van der Waals surface area contributed by atoms with Crippen molar-refractivity contribution in [3.63, 3.8) is 0 Å². The number of ether oxygens (including phenoxy) is 1. The summed E-state index contributed by atoms with van der Waals surface area (Å²) in [6, 6.07) is 14.4. The Morgan fingerprint density at radius 1 is 1.17 bits per heavy atom. The summed E-state index contributed by atoms with van der Waals surface area (Å²) >= 11 is 5.92. The molecule has 1 aliphatic rings. The SMILES string of the molecule is O=C(NC[C@]1(O)CO[C@H](CNS(=O)(=O)c2ccccc2Cl)[C@H]1O)c1ccccc1. The molecular weight excluding hydrogens is 420 g/mol. The molecule has 1 saturated heterocycles. The molecule has 3 atom stereocenters. The number of benzene rings is 2. The highest BCUT2D eigenvalue weighted by atomic mass is 35.5. The van der Waals surface area contributed by atoms with Crippen molar-refractivity contribution in [2.75, 3.05) is 19.7 Å². The van der Waals surface area contributed by atoms with Crippen LogP contribution in [0.3, 0.4) is 0 Å². The number of carbonyl (C=O) groups excluding carboxylic acids is 1. The van der Waals surface area contributed by atoms with Crippen LogP contribution in [-0.2, 0) is 14.8 Å². The maximum absolute atomic E-state index is 12.4. The van der Waals surface area contributed by atoms with Crippen molar-refractivity contribution < 1.29 is 28.2 Å². The average molecular weight is 441 g/mol. The molecule has 4 N–H and O–H groups in total. The predicted octanol–water partition coefficient (Wildman–Crippen LogP) is 0.539. The molecule has 0 aromatic heterocycles. The van der Waals surface area contributed by atoms with Gasteiger partial charge in [-0.25, -0.2) is 13.1 Å². The van der Waals surface area contributed by atoms with Gasteiger partial charge in [-0.3, -0.25) is 4.79 Å². The Morgan fingerprint density at radius 3 is 2.52 bits per heavy atom. The van der Waals surface area contributed by atoms with Gasteiger partial charge in [-0.2, -0.15) is 0 Å². The molecule has 1 fully saturated rings. The Kier molecular flexibility index (Phi) is 6.57. The molecule has 0 spiro atoms. The van der Waals surface area contributed by atoms with Crippen LogP contribution in [0.25, 0.3) is 0 Å². The van der Waals surface area contributed by atoms with Crippen LogP contribution < -0.4 is 10.0 Å². The maximum Gasteiger partial charge on any atom is 0.251 e. The van der Waals surface area contributed by atoms with Crippen LogP contribution in [0.2, 0.25) is 5.02 Å². The van der Waals surface area contributed by atoms with E-state index in [-0.39, 0.29) is 29.6 Å². The van der Waals surface area contributed by atoms with Gasteiger partial charge in [0.2, 0.25) is 10.0 Å². The summed E-state index contributed by atoms with van der Waals surface area (Å²) in [5, 5.41) is 23.7. The van der Waals surface area contributed by atoms with Gasteiger partial charge in [0.05, 0.1) is 18.2 Å². The number of hydrogen-bond acceptors (Lipinski definition) is 6. The van der Waals surface area contributed by atoms with E-state index in [0.29, 0.717) is 5.56 Å². The van der Waals surface area contributed by atoms with Crippen molar-refractivity contribution in [3.05, 3.63) is 65.2 Å². The Bertz CT molecular complexity index is 972. The molecule has 1 aliphatic heterocycles.